The van der Waals surface area contributed by atoms with Crippen molar-refractivity contribution in [2.24, 2.45) is 11.0 Å². The summed E-state index contributed by atoms with van der Waals surface area (Å²) in [5.74, 6) is 0.344. The summed E-state index contributed by atoms with van der Waals surface area (Å²) >= 11 is 0. The maximum atomic E-state index is 10.1. The molecule has 0 bridgehead atoms. The van der Waals surface area contributed by atoms with Crippen LogP contribution in [0.4, 0.5) is 4.79 Å². The Kier molecular flexibility index (Phi) is 2.76. The van der Waals surface area contributed by atoms with E-state index >= 15 is 0 Å². The lowest BCUT2D eigenvalue weighted by Gasteiger charge is -2.31. The average molecular weight is 170 g/mol. The predicted octanol–water partition coefficient (Wildman–Crippen LogP) is 1.34. The lowest BCUT2D eigenvalue weighted by Crippen LogP contribution is -2.37. The molecule has 0 heterocycles. The van der Waals surface area contributed by atoms with E-state index in [1.807, 2.05) is 0 Å². The summed E-state index contributed by atoms with van der Waals surface area (Å²) in [4.78, 5) is 12.7. The third kappa shape index (κ3) is 2.32. The fourth-order valence-electron chi connectivity index (χ4n) is 1.27. The summed E-state index contributed by atoms with van der Waals surface area (Å²) in [6.07, 6.45) is 0.594. The van der Waals surface area contributed by atoms with Gasteiger partial charge in [-0.05, 0) is 24.3 Å². The van der Waals surface area contributed by atoms with Crippen molar-refractivity contribution >= 4 is 6.09 Å². The normalized spacial score (nSPS) is 26.7. The van der Waals surface area contributed by atoms with E-state index in [4.69, 9.17) is 10.6 Å². The van der Waals surface area contributed by atoms with Gasteiger partial charge in [-0.3, -0.25) is 0 Å². The second-order valence-corrected chi connectivity index (χ2v) is 2.88. The topological polar surface area (TPSA) is 98.1 Å². The molecule has 2 N–H and O–H groups in total. The van der Waals surface area contributed by atoms with Gasteiger partial charge in [-0.25, -0.2) is 4.79 Å². The molecule has 6 nitrogen and oxygen atoms in total. The van der Waals surface area contributed by atoms with Crippen molar-refractivity contribution in [2.45, 2.75) is 18.9 Å². The number of carboxylic acid groups (broad SMARTS) is 1. The molecular formula is C6H10N4O2. The number of rotatable bonds is 3. The molecule has 6 heteroatoms. The van der Waals surface area contributed by atoms with Gasteiger partial charge in [0.15, 0.2) is 0 Å². The minimum Gasteiger partial charge on any atom is -0.465 e. The summed E-state index contributed by atoms with van der Waals surface area (Å²) < 4.78 is 0. The van der Waals surface area contributed by atoms with E-state index in [2.05, 4.69) is 15.3 Å². The molecule has 1 rings (SSSR count). The highest BCUT2D eigenvalue weighted by Crippen LogP contribution is 2.29. The van der Waals surface area contributed by atoms with Crippen LogP contribution in [-0.4, -0.2) is 23.8 Å². The number of nitrogens with one attached hydrogen (secondary N) is 1. The molecular weight excluding hydrogens is 160 g/mol. The highest BCUT2D eigenvalue weighted by atomic mass is 16.4. The average Bonchev–Trinajstić information content (AvgIpc) is 1.93. The molecule has 1 amide bonds. The van der Waals surface area contributed by atoms with Crippen molar-refractivity contribution in [3.63, 3.8) is 0 Å². The van der Waals surface area contributed by atoms with E-state index in [-0.39, 0.29) is 6.04 Å². The van der Waals surface area contributed by atoms with Crippen molar-refractivity contribution in [1.29, 1.82) is 0 Å². The van der Waals surface area contributed by atoms with Crippen LogP contribution in [-0.2, 0) is 0 Å². The SMILES string of the molecule is [N-]=[N+]=N[C@H]1C[C@H](CNC(=O)O)C1. The molecule has 1 saturated carbocycles. The fourth-order valence-corrected chi connectivity index (χ4v) is 1.27. The summed E-state index contributed by atoms with van der Waals surface area (Å²) in [6, 6.07) is 0.0793. The van der Waals surface area contributed by atoms with Gasteiger partial charge in [-0.1, -0.05) is 5.11 Å². The molecule has 1 aliphatic carbocycles. The first-order valence-corrected chi connectivity index (χ1v) is 3.73. The van der Waals surface area contributed by atoms with Gasteiger partial charge < -0.3 is 10.4 Å². The number of nitrogens with zero attached hydrogens (tertiary/aromatic N) is 3. The first-order chi connectivity index (χ1) is 5.72. The number of azide groups is 1. The van der Waals surface area contributed by atoms with E-state index in [9.17, 15) is 4.79 Å². The molecule has 0 aromatic carbocycles. The first-order valence-electron chi connectivity index (χ1n) is 3.73. The minimum absolute atomic E-state index is 0.0793. The molecule has 0 atom stereocenters. The van der Waals surface area contributed by atoms with Crippen LogP contribution >= 0.6 is 0 Å². The van der Waals surface area contributed by atoms with Gasteiger partial charge in [0, 0.05) is 17.5 Å². The molecule has 1 fully saturated rings. The maximum absolute atomic E-state index is 10.1. The van der Waals surface area contributed by atoms with E-state index in [1.165, 1.54) is 0 Å². The summed E-state index contributed by atoms with van der Waals surface area (Å²) in [7, 11) is 0. The Hall–Kier alpha value is -1.42. The van der Waals surface area contributed by atoms with E-state index in [0.29, 0.717) is 12.5 Å². The largest absolute Gasteiger partial charge is 0.465 e. The van der Waals surface area contributed by atoms with Crippen LogP contribution in [0.25, 0.3) is 10.4 Å². The molecule has 0 aliphatic heterocycles. The van der Waals surface area contributed by atoms with Crippen LogP contribution in [0.15, 0.2) is 5.11 Å². The molecule has 66 valence electrons. The molecule has 0 unspecified atom stereocenters. The highest BCUT2D eigenvalue weighted by Gasteiger charge is 2.27. The Morgan fingerprint density at radius 1 is 1.75 bits per heavy atom. The molecule has 12 heavy (non-hydrogen) atoms. The van der Waals surface area contributed by atoms with E-state index < -0.39 is 6.09 Å². The highest BCUT2D eigenvalue weighted by molar-refractivity contribution is 5.64. The Bertz CT molecular complexity index is 215. The van der Waals surface area contributed by atoms with Gasteiger partial charge >= 0.3 is 6.09 Å². The molecule has 0 spiro atoms. The van der Waals surface area contributed by atoms with E-state index in [1.54, 1.807) is 0 Å². The lowest BCUT2D eigenvalue weighted by atomic mass is 9.81. The van der Waals surface area contributed by atoms with Crippen molar-refractivity contribution in [3.8, 4) is 0 Å². The van der Waals surface area contributed by atoms with Gasteiger partial charge in [0.25, 0.3) is 0 Å². The van der Waals surface area contributed by atoms with Crippen LogP contribution < -0.4 is 5.32 Å². The molecule has 0 radical (unpaired) electrons. The fraction of sp³-hybridized carbons (Fsp3) is 0.833. The Morgan fingerprint density at radius 2 is 2.42 bits per heavy atom. The number of hydrogen-bond acceptors (Lipinski definition) is 2. The predicted molar refractivity (Wildman–Crippen MR) is 41.7 cm³/mol. The molecule has 1 aliphatic rings. The van der Waals surface area contributed by atoms with Gasteiger partial charge in [-0.2, -0.15) is 0 Å². The van der Waals surface area contributed by atoms with Crippen LogP contribution in [0.1, 0.15) is 12.8 Å². The maximum Gasteiger partial charge on any atom is 0.404 e. The van der Waals surface area contributed by atoms with Crippen LogP contribution in [0, 0.1) is 5.92 Å². The third-order valence-corrected chi connectivity index (χ3v) is 1.97. The monoisotopic (exact) mass is 170 g/mol. The van der Waals surface area contributed by atoms with Gasteiger partial charge in [-0.15, -0.1) is 0 Å². The van der Waals surface area contributed by atoms with Crippen LogP contribution in [0.5, 0.6) is 0 Å². The zero-order chi connectivity index (χ0) is 8.97. The number of hydrogen-bond donors (Lipinski definition) is 2. The standard InChI is InChI=1S/C6H10N4O2/c7-10-9-5-1-4(2-5)3-8-6(11)12/h4-5,8H,1-3H2,(H,11,12)/t4-,5-. The molecule has 0 aromatic rings. The zero-order valence-corrected chi connectivity index (χ0v) is 6.47. The second-order valence-electron chi connectivity index (χ2n) is 2.88. The summed E-state index contributed by atoms with van der Waals surface area (Å²) in [5, 5.41) is 14.1. The van der Waals surface area contributed by atoms with Crippen LogP contribution in [0.3, 0.4) is 0 Å². The van der Waals surface area contributed by atoms with Gasteiger partial charge in [0.2, 0.25) is 0 Å². The lowest BCUT2D eigenvalue weighted by molar-refractivity contribution is 0.184. The number of amides is 1. The third-order valence-electron chi connectivity index (χ3n) is 1.97. The Morgan fingerprint density at radius 3 is 2.92 bits per heavy atom. The Labute approximate surface area is 69.2 Å². The Balaban J connectivity index is 2.09. The summed E-state index contributed by atoms with van der Waals surface area (Å²) in [6.45, 7) is 0.465. The molecule has 0 saturated heterocycles. The van der Waals surface area contributed by atoms with Crippen molar-refractivity contribution in [2.75, 3.05) is 6.54 Å². The van der Waals surface area contributed by atoms with Crippen molar-refractivity contribution in [3.05, 3.63) is 10.4 Å². The minimum atomic E-state index is -0.998. The zero-order valence-electron chi connectivity index (χ0n) is 6.47. The van der Waals surface area contributed by atoms with Gasteiger partial charge in [0.1, 0.15) is 0 Å². The van der Waals surface area contributed by atoms with Crippen molar-refractivity contribution < 1.29 is 9.90 Å². The van der Waals surface area contributed by atoms with Crippen LogP contribution in [0.2, 0.25) is 0 Å². The summed E-state index contributed by atoms with van der Waals surface area (Å²) in [5.41, 5.74) is 8.05. The first kappa shape index (κ1) is 8.67. The van der Waals surface area contributed by atoms with Gasteiger partial charge in [0.05, 0.1) is 0 Å². The quantitative estimate of drug-likeness (QED) is 0.379. The molecule has 0 aromatic heterocycles. The number of carbonyl (C=O) groups is 1. The van der Waals surface area contributed by atoms with E-state index in [0.717, 1.165) is 12.8 Å². The van der Waals surface area contributed by atoms with Crippen molar-refractivity contribution in [1.82, 2.24) is 5.32 Å². The second kappa shape index (κ2) is 3.82. The smallest absolute Gasteiger partial charge is 0.404 e.